The Bertz CT molecular complexity index is 817. The zero-order chi connectivity index (χ0) is 19.3. The van der Waals surface area contributed by atoms with Gasteiger partial charge in [-0.2, -0.15) is 0 Å². The molecule has 0 aliphatic carbocycles. The van der Waals surface area contributed by atoms with Gasteiger partial charge in [0.15, 0.2) is 11.5 Å². The van der Waals surface area contributed by atoms with E-state index in [-0.39, 0.29) is 24.8 Å². The van der Waals surface area contributed by atoms with Crippen LogP contribution in [0.5, 0.6) is 17.2 Å². The lowest BCUT2D eigenvalue weighted by molar-refractivity contribution is -0.131. The zero-order valence-corrected chi connectivity index (χ0v) is 15.8. The van der Waals surface area contributed by atoms with Gasteiger partial charge in [-0.25, -0.2) is 5.43 Å². The number of likely N-dealkylation sites (N-methyl/N-ethyl adjacent to an activating group) is 1. The van der Waals surface area contributed by atoms with E-state index >= 15 is 0 Å². The second-order valence-corrected chi connectivity index (χ2v) is 6.93. The summed E-state index contributed by atoms with van der Waals surface area (Å²) in [6, 6.07) is 11.1. The highest BCUT2D eigenvalue weighted by Gasteiger charge is 2.31. The fraction of sp³-hybridized carbons (Fsp3) is 0.400. The smallest absolute Gasteiger partial charge is 0.240 e. The summed E-state index contributed by atoms with van der Waals surface area (Å²) in [6.45, 7) is 1.32. The molecule has 0 spiro atoms. The van der Waals surface area contributed by atoms with Crippen molar-refractivity contribution in [1.82, 2.24) is 20.7 Å². The van der Waals surface area contributed by atoms with Crippen molar-refractivity contribution in [3.63, 3.8) is 0 Å². The summed E-state index contributed by atoms with van der Waals surface area (Å²) in [5.74, 6) is 2.20. The van der Waals surface area contributed by atoms with Gasteiger partial charge < -0.3 is 19.1 Å². The lowest BCUT2D eigenvalue weighted by Crippen LogP contribution is -2.45. The Balaban J connectivity index is 1.22. The topological polar surface area (TPSA) is 85.0 Å². The molecule has 1 aromatic heterocycles. The monoisotopic (exact) mass is 384 g/mol. The van der Waals surface area contributed by atoms with Gasteiger partial charge in [0, 0.05) is 38.0 Å². The SMILES string of the molecule is CN(CCc1ccccn1)C(=O)C1CC(COc2ccc3c(c2)OCO3)NN1. The summed E-state index contributed by atoms with van der Waals surface area (Å²) < 4.78 is 16.5. The van der Waals surface area contributed by atoms with E-state index in [1.807, 2.05) is 43.4 Å². The van der Waals surface area contributed by atoms with Crippen LogP contribution in [0.2, 0.25) is 0 Å². The van der Waals surface area contributed by atoms with Crippen molar-refractivity contribution < 1.29 is 19.0 Å². The maximum atomic E-state index is 12.6. The molecule has 3 heterocycles. The first-order valence-corrected chi connectivity index (χ1v) is 9.37. The highest BCUT2D eigenvalue weighted by atomic mass is 16.7. The molecule has 1 saturated heterocycles. The molecule has 2 N–H and O–H groups in total. The normalized spacial score (nSPS) is 20.2. The lowest BCUT2D eigenvalue weighted by atomic mass is 10.1. The molecule has 2 unspecified atom stereocenters. The van der Waals surface area contributed by atoms with Crippen molar-refractivity contribution in [2.75, 3.05) is 27.0 Å². The van der Waals surface area contributed by atoms with Gasteiger partial charge in [0.1, 0.15) is 18.4 Å². The van der Waals surface area contributed by atoms with E-state index in [4.69, 9.17) is 14.2 Å². The number of aromatic nitrogens is 1. The van der Waals surface area contributed by atoms with Crippen molar-refractivity contribution in [3.8, 4) is 17.2 Å². The number of ether oxygens (including phenoxy) is 3. The van der Waals surface area contributed by atoms with Crippen LogP contribution in [0.4, 0.5) is 0 Å². The maximum absolute atomic E-state index is 12.6. The molecule has 0 radical (unpaired) electrons. The highest BCUT2D eigenvalue weighted by molar-refractivity contribution is 5.82. The fourth-order valence-electron chi connectivity index (χ4n) is 3.26. The first kappa shape index (κ1) is 18.5. The third kappa shape index (κ3) is 4.35. The summed E-state index contributed by atoms with van der Waals surface area (Å²) >= 11 is 0. The van der Waals surface area contributed by atoms with Crippen LogP contribution >= 0.6 is 0 Å². The molecule has 2 atom stereocenters. The standard InChI is InChI=1S/C20H24N4O4/c1-24(9-7-14-4-2-3-8-21-14)20(25)17-10-15(22-23-17)12-26-16-5-6-18-19(11-16)28-13-27-18/h2-6,8,11,15,17,22-23H,7,9-10,12-13H2,1H3. The molecule has 1 amide bonds. The van der Waals surface area contributed by atoms with Gasteiger partial charge in [-0.1, -0.05) is 6.07 Å². The first-order chi connectivity index (χ1) is 13.7. The van der Waals surface area contributed by atoms with E-state index < -0.39 is 0 Å². The molecule has 2 aromatic rings. The fourth-order valence-corrected chi connectivity index (χ4v) is 3.26. The van der Waals surface area contributed by atoms with E-state index in [1.54, 1.807) is 11.1 Å². The molecular weight excluding hydrogens is 360 g/mol. The van der Waals surface area contributed by atoms with Gasteiger partial charge in [-0.05, 0) is 30.7 Å². The number of hydrogen-bond acceptors (Lipinski definition) is 7. The number of pyridine rings is 1. The molecule has 4 rings (SSSR count). The number of carbonyl (C=O) groups is 1. The summed E-state index contributed by atoms with van der Waals surface area (Å²) in [7, 11) is 1.82. The third-order valence-electron chi connectivity index (χ3n) is 4.88. The van der Waals surface area contributed by atoms with E-state index in [2.05, 4.69) is 15.8 Å². The molecule has 0 bridgehead atoms. The molecule has 2 aliphatic rings. The Morgan fingerprint density at radius 3 is 3.00 bits per heavy atom. The number of rotatable bonds is 7. The van der Waals surface area contributed by atoms with Crippen LogP contribution in [0.1, 0.15) is 12.1 Å². The van der Waals surface area contributed by atoms with Crippen molar-refractivity contribution in [2.24, 2.45) is 0 Å². The number of carbonyl (C=O) groups excluding carboxylic acids is 1. The summed E-state index contributed by atoms with van der Waals surface area (Å²) in [5.41, 5.74) is 7.21. The van der Waals surface area contributed by atoms with E-state index in [0.717, 1.165) is 17.9 Å². The molecule has 1 fully saturated rings. The van der Waals surface area contributed by atoms with Crippen LogP contribution < -0.4 is 25.1 Å². The van der Waals surface area contributed by atoms with Crippen LogP contribution in [-0.4, -0.2) is 54.9 Å². The van der Waals surface area contributed by atoms with E-state index in [0.29, 0.717) is 31.1 Å². The van der Waals surface area contributed by atoms with E-state index in [1.165, 1.54) is 0 Å². The summed E-state index contributed by atoms with van der Waals surface area (Å²) in [6.07, 6.45) is 3.17. The molecule has 1 aromatic carbocycles. The Morgan fingerprint density at radius 2 is 2.14 bits per heavy atom. The summed E-state index contributed by atoms with van der Waals surface area (Å²) in [5, 5.41) is 0. The predicted molar refractivity (Wildman–Crippen MR) is 102 cm³/mol. The zero-order valence-electron chi connectivity index (χ0n) is 15.8. The second kappa shape index (κ2) is 8.45. The van der Waals surface area contributed by atoms with Gasteiger partial charge in [-0.15, -0.1) is 0 Å². The summed E-state index contributed by atoms with van der Waals surface area (Å²) in [4.78, 5) is 18.7. The number of benzene rings is 1. The molecule has 8 heteroatoms. The largest absolute Gasteiger partial charge is 0.492 e. The average Bonchev–Trinajstić information content (AvgIpc) is 3.39. The maximum Gasteiger partial charge on any atom is 0.240 e. The number of hydrogen-bond donors (Lipinski definition) is 2. The minimum atomic E-state index is -0.265. The Kier molecular flexibility index (Phi) is 5.59. The lowest BCUT2D eigenvalue weighted by Gasteiger charge is -2.20. The number of nitrogens with zero attached hydrogens (tertiary/aromatic N) is 2. The van der Waals surface area contributed by atoms with Crippen LogP contribution in [0.3, 0.4) is 0 Å². The quantitative estimate of drug-likeness (QED) is 0.740. The average molecular weight is 384 g/mol. The molecular formula is C20H24N4O4. The van der Waals surface area contributed by atoms with Crippen molar-refractivity contribution in [1.29, 1.82) is 0 Å². The Hall–Kier alpha value is -2.84. The van der Waals surface area contributed by atoms with Crippen LogP contribution in [0.15, 0.2) is 42.6 Å². The Labute approximate surface area is 163 Å². The first-order valence-electron chi connectivity index (χ1n) is 9.37. The minimum absolute atomic E-state index is 0.0450. The van der Waals surface area contributed by atoms with Gasteiger partial charge in [0.05, 0.1) is 6.04 Å². The van der Waals surface area contributed by atoms with Crippen LogP contribution in [0.25, 0.3) is 0 Å². The number of fused-ring (bicyclic) bond motifs is 1. The highest BCUT2D eigenvalue weighted by Crippen LogP contribution is 2.35. The van der Waals surface area contributed by atoms with Crippen LogP contribution in [-0.2, 0) is 11.2 Å². The van der Waals surface area contributed by atoms with Gasteiger partial charge in [-0.3, -0.25) is 15.2 Å². The molecule has 148 valence electrons. The Morgan fingerprint density at radius 1 is 1.25 bits per heavy atom. The predicted octanol–water partition coefficient (Wildman–Crippen LogP) is 1.13. The third-order valence-corrected chi connectivity index (χ3v) is 4.88. The van der Waals surface area contributed by atoms with Crippen molar-refractivity contribution in [3.05, 3.63) is 48.3 Å². The molecule has 8 nitrogen and oxygen atoms in total. The minimum Gasteiger partial charge on any atom is -0.492 e. The van der Waals surface area contributed by atoms with Gasteiger partial charge in [0.25, 0.3) is 0 Å². The number of nitrogens with one attached hydrogen (secondary N) is 2. The molecule has 0 saturated carbocycles. The van der Waals surface area contributed by atoms with Crippen LogP contribution in [0, 0.1) is 0 Å². The number of amides is 1. The van der Waals surface area contributed by atoms with E-state index in [9.17, 15) is 4.79 Å². The number of hydrazine groups is 1. The van der Waals surface area contributed by atoms with Crippen molar-refractivity contribution >= 4 is 5.91 Å². The van der Waals surface area contributed by atoms with Gasteiger partial charge in [0.2, 0.25) is 12.7 Å². The van der Waals surface area contributed by atoms with Crippen molar-refractivity contribution in [2.45, 2.75) is 24.9 Å². The van der Waals surface area contributed by atoms with Gasteiger partial charge >= 0.3 is 0 Å². The molecule has 2 aliphatic heterocycles. The molecule has 28 heavy (non-hydrogen) atoms. The second-order valence-electron chi connectivity index (χ2n) is 6.93.